The van der Waals surface area contributed by atoms with Crippen molar-refractivity contribution in [1.29, 1.82) is 0 Å². The Kier molecular flexibility index (Phi) is 4.25. The second kappa shape index (κ2) is 5.72. The van der Waals surface area contributed by atoms with E-state index < -0.39 is 0 Å². The maximum absolute atomic E-state index is 9.76. The van der Waals surface area contributed by atoms with Gasteiger partial charge in [0.05, 0.1) is 6.10 Å². The maximum Gasteiger partial charge on any atom is 0.0599 e. The van der Waals surface area contributed by atoms with Crippen LogP contribution in [0.25, 0.3) is 0 Å². The Bertz CT molecular complexity index is 377. The molecule has 3 unspecified atom stereocenters. The van der Waals surface area contributed by atoms with Crippen molar-refractivity contribution in [1.82, 2.24) is 5.32 Å². The van der Waals surface area contributed by atoms with Crippen LogP contribution in [0.5, 0.6) is 0 Å². The number of piperidine rings is 1. The summed E-state index contributed by atoms with van der Waals surface area (Å²) < 4.78 is 0. The molecule has 3 heteroatoms. The molecule has 100 valence electrons. The maximum atomic E-state index is 9.76. The molecule has 1 aromatic rings. The van der Waals surface area contributed by atoms with E-state index in [0.29, 0.717) is 12.0 Å². The fraction of sp³-hybridized carbons (Fsp3) is 0.600. The highest BCUT2D eigenvalue weighted by Gasteiger charge is 2.24. The minimum absolute atomic E-state index is 0.134. The topological polar surface area (TPSA) is 35.5 Å². The van der Waals surface area contributed by atoms with Gasteiger partial charge in [-0.25, -0.2) is 0 Å². The van der Waals surface area contributed by atoms with Gasteiger partial charge < -0.3 is 15.3 Å². The van der Waals surface area contributed by atoms with Gasteiger partial charge in [0.15, 0.2) is 0 Å². The van der Waals surface area contributed by atoms with Crippen LogP contribution in [0, 0.1) is 5.92 Å². The molecule has 3 atom stereocenters. The van der Waals surface area contributed by atoms with E-state index in [4.69, 9.17) is 0 Å². The van der Waals surface area contributed by atoms with Crippen molar-refractivity contribution in [3.05, 3.63) is 29.8 Å². The highest BCUT2D eigenvalue weighted by molar-refractivity contribution is 5.48. The first-order valence-electron chi connectivity index (χ1n) is 6.82. The molecule has 1 aliphatic rings. The van der Waals surface area contributed by atoms with Crippen LogP contribution in [-0.4, -0.2) is 31.3 Å². The van der Waals surface area contributed by atoms with Crippen LogP contribution in [0.3, 0.4) is 0 Å². The molecule has 3 nitrogen and oxygen atoms in total. The van der Waals surface area contributed by atoms with Crippen molar-refractivity contribution >= 4 is 5.69 Å². The third-order valence-electron chi connectivity index (χ3n) is 4.05. The molecule has 2 N–H and O–H groups in total. The predicted molar refractivity (Wildman–Crippen MR) is 75.9 cm³/mol. The average molecular weight is 248 g/mol. The molecule has 0 spiro atoms. The summed E-state index contributed by atoms with van der Waals surface area (Å²) in [4.78, 5) is 2.37. The molecular formula is C15H24N2O. The molecule has 0 saturated carbocycles. The van der Waals surface area contributed by atoms with Gasteiger partial charge >= 0.3 is 0 Å². The summed E-state index contributed by atoms with van der Waals surface area (Å²) >= 11 is 0. The molecule has 0 radical (unpaired) electrons. The van der Waals surface area contributed by atoms with Crippen molar-refractivity contribution in [2.45, 2.75) is 32.4 Å². The van der Waals surface area contributed by atoms with Crippen LogP contribution in [0.2, 0.25) is 0 Å². The van der Waals surface area contributed by atoms with Crippen LogP contribution >= 0.6 is 0 Å². The Hall–Kier alpha value is -1.06. The van der Waals surface area contributed by atoms with Gasteiger partial charge in [0, 0.05) is 24.8 Å². The summed E-state index contributed by atoms with van der Waals surface area (Å²) in [7, 11) is 1.98. The second-order valence-electron chi connectivity index (χ2n) is 5.38. The van der Waals surface area contributed by atoms with E-state index in [2.05, 4.69) is 48.3 Å². The number of rotatable bonds is 3. The molecule has 2 rings (SSSR count). The zero-order chi connectivity index (χ0) is 13.1. The van der Waals surface area contributed by atoms with Crippen molar-refractivity contribution in [2.24, 2.45) is 5.92 Å². The van der Waals surface area contributed by atoms with E-state index in [1.54, 1.807) is 0 Å². The fourth-order valence-electron chi connectivity index (χ4n) is 2.51. The summed E-state index contributed by atoms with van der Waals surface area (Å²) in [6, 6.07) is 9.14. The van der Waals surface area contributed by atoms with E-state index in [0.717, 1.165) is 19.5 Å². The first-order valence-corrected chi connectivity index (χ1v) is 6.82. The van der Waals surface area contributed by atoms with Gasteiger partial charge in [0.2, 0.25) is 0 Å². The summed E-state index contributed by atoms with van der Waals surface area (Å²) in [5.41, 5.74) is 2.58. The number of hydrogen-bond donors (Lipinski definition) is 2. The lowest BCUT2D eigenvalue weighted by Crippen LogP contribution is -2.41. The second-order valence-corrected chi connectivity index (χ2v) is 5.38. The molecule has 18 heavy (non-hydrogen) atoms. The van der Waals surface area contributed by atoms with E-state index in [1.807, 2.05) is 7.05 Å². The van der Waals surface area contributed by atoms with Crippen LogP contribution in [0.1, 0.15) is 31.9 Å². The Morgan fingerprint density at radius 2 is 2.00 bits per heavy atom. The lowest BCUT2D eigenvalue weighted by molar-refractivity contribution is 0.0971. The zero-order valence-electron chi connectivity index (χ0n) is 11.6. The molecule has 1 aliphatic heterocycles. The van der Waals surface area contributed by atoms with Gasteiger partial charge in [0.25, 0.3) is 0 Å². The molecule has 1 aromatic carbocycles. The summed E-state index contributed by atoms with van der Waals surface area (Å²) in [6.45, 7) is 6.18. The quantitative estimate of drug-likeness (QED) is 0.860. The van der Waals surface area contributed by atoms with Crippen molar-refractivity contribution in [3.8, 4) is 0 Å². The summed E-state index contributed by atoms with van der Waals surface area (Å²) in [5.74, 6) is 0.356. The van der Waals surface area contributed by atoms with Gasteiger partial charge in [-0.15, -0.1) is 0 Å². The van der Waals surface area contributed by atoms with Crippen LogP contribution in [0.15, 0.2) is 24.3 Å². The molecule has 0 amide bonds. The van der Waals surface area contributed by atoms with Crippen molar-refractivity contribution < 1.29 is 5.11 Å². The van der Waals surface area contributed by atoms with Gasteiger partial charge in [-0.2, -0.15) is 0 Å². The number of hydrogen-bond acceptors (Lipinski definition) is 3. The third kappa shape index (κ3) is 2.85. The van der Waals surface area contributed by atoms with Crippen LogP contribution in [0.4, 0.5) is 5.69 Å². The summed E-state index contributed by atoms with van der Waals surface area (Å²) in [5, 5.41) is 13.0. The molecule has 1 saturated heterocycles. The predicted octanol–water partition coefficient (Wildman–Crippen LogP) is 2.17. The van der Waals surface area contributed by atoms with E-state index in [1.165, 1.54) is 11.3 Å². The smallest absolute Gasteiger partial charge is 0.0599 e. The molecule has 1 fully saturated rings. The van der Waals surface area contributed by atoms with E-state index >= 15 is 0 Å². The molecular weight excluding hydrogens is 224 g/mol. The number of aliphatic hydroxyl groups is 1. The van der Waals surface area contributed by atoms with Crippen LogP contribution in [-0.2, 0) is 0 Å². The molecule has 1 heterocycles. The SMILES string of the molecule is CNC(C)c1ccc(N2CCC(O)C(C)C2)cc1. The molecule has 0 aromatic heterocycles. The highest BCUT2D eigenvalue weighted by Crippen LogP contribution is 2.24. The number of benzene rings is 1. The monoisotopic (exact) mass is 248 g/mol. The minimum atomic E-state index is -0.134. The van der Waals surface area contributed by atoms with Crippen molar-refractivity contribution in [3.63, 3.8) is 0 Å². The Balaban J connectivity index is 2.06. The van der Waals surface area contributed by atoms with Crippen molar-refractivity contribution in [2.75, 3.05) is 25.0 Å². The standard InChI is InChI=1S/C15H24N2O/c1-11-10-17(9-8-15(11)18)14-6-4-13(5-7-14)12(2)16-3/h4-7,11-12,15-16,18H,8-10H2,1-3H3. The largest absolute Gasteiger partial charge is 0.393 e. The van der Waals surface area contributed by atoms with Gasteiger partial charge in [-0.3, -0.25) is 0 Å². The Morgan fingerprint density at radius 1 is 1.33 bits per heavy atom. The summed E-state index contributed by atoms with van der Waals surface area (Å²) in [6.07, 6.45) is 0.736. The average Bonchev–Trinajstić information content (AvgIpc) is 2.41. The Labute approximate surface area is 110 Å². The number of aliphatic hydroxyl groups excluding tert-OH is 1. The normalized spacial score (nSPS) is 26.1. The Morgan fingerprint density at radius 3 is 2.56 bits per heavy atom. The fourth-order valence-corrected chi connectivity index (χ4v) is 2.51. The highest BCUT2D eigenvalue weighted by atomic mass is 16.3. The first kappa shape index (κ1) is 13.4. The molecule has 0 bridgehead atoms. The van der Waals surface area contributed by atoms with Gasteiger partial charge in [-0.05, 0) is 44.0 Å². The van der Waals surface area contributed by atoms with Gasteiger partial charge in [-0.1, -0.05) is 19.1 Å². The lowest BCUT2D eigenvalue weighted by atomic mass is 9.96. The van der Waals surface area contributed by atoms with Crippen LogP contribution < -0.4 is 10.2 Å². The minimum Gasteiger partial charge on any atom is -0.393 e. The number of nitrogens with zero attached hydrogens (tertiary/aromatic N) is 1. The van der Waals surface area contributed by atoms with E-state index in [9.17, 15) is 5.11 Å². The number of nitrogens with one attached hydrogen (secondary N) is 1. The first-order chi connectivity index (χ1) is 8.61. The van der Waals surface area contributed by atoms with E-state index in [-0.39, 0.29) is 6.10 Å². The molecule has 0 aliphatic carbocycles. The number of anilines is 1. The lowest BCUT2D eigenvalue weighted by Gasteiger charge is -2.36. The van der Waals surface area contributed by atoms with Gasteiger partial charge in [0.1, 0.15) is 0 Å². The third-order valence-corrected chi connectivity index (χ3v) is 4.05. The zero-order valence-corrected chi connectivity index (χ0v) is 11.6.